The Kier molecular flexibility index (Phi) is 4.28. The molecule has 1 aliphatic heterocycles. The van der Waals surface area contributed by atoms with Crippen molar-refractivity contribution in [3.8, 4) is 5.75 Å². The third-order valence-electron chi connectivity index (χ3n) is 3.61. The van der Waals surface area contributed by atoms with Gasteiger partial charge in [0, 0.05) is 19.2 Å². The number of amides is 1. The predicted molar refractivity (Wildman–Crippen MR) is 72.9 cm³/mol. The number of ether oxygens (including phenoxy) is 1. The lowest BCUT2D eigenvalue weighted by atomic mass is 9.93. The average molecular weight is 281 g/mol. The molecule has 4 nitrogen and oxygen atoms in total. The number of carbonyl (C=O) groups is 1. The maximum atomic E-state index is 13.1. The number of benzene rings is 1. The van der Waals surface area contributed by atoms with E-state index in [9.17, 15) is 14.3 Å². The number of piperidine rings is 1. The normalized spacial score (nSPS) is 19.5. The SMILES string of the molecule is CC(Oc1cccc(F)c1)C(=O)N1CCC(C)(O)CC1. The molecule has 1 saturated heterocycles. The van der Waals surface area contributed by atoms with Crippen LogP contribution in [0.5, 0.6) is 5.75 Å². The van der Waals surface area contributed by atoms with Crippen molar-refractivity contribution in [2.45, 2.75) is 38.4 Å². The maximum Gasteiger partial charge on any atom is 0.263 e. The molecule has 1 atom stereocenters. The minimum absolute atomic E-state index is 0.134. The second-order valence-electron chi connectivity index (χ2n) is 5.54. The van der Waals surface area contributed by atoms with Gasteiger partial charge in [0.15, 0.2) is 6.10 Å². The van der Waals surface area contributed by atoms with Crippen LogP contribution in [0.4, 0.5) is 4.39 Å². The Labute approximate surface area is 118 Å². The number of rotatable bonds is 3. The maximum absolute atomic E-state index is 13.1. The molecule has 1 heterocycles. The monoisotopic (exact) mass is 281 g/mol. The third kappa shape index (κ3) is 3.70. The second-order valence-corrected chi connectivity index (χ2v) is 5.54. The zero-order chi connectivity index (χ0) is 14.8. The number of hydrogen-bond acceptors (Lipinski definition) is 3. The van der Waals surface area contributed by atoms with Gasteiger partial charge in [0.2, 0.25) is 0 Å². The van der Waals surface area contributed by atoms with Gasteiger partial charge in [0.25, 0.3) is 5.91 Å². The summed E-state index contributed by atoms with van der Waals surface area (Å²) >= 11 is 0. The fraction of sp³-hybridized carbons (Fsp3) is 0.533. The third-order valence-corrected chi connectivity index (χ3v) is 3.61. The fourth-order valence-electron chi connectivity index (χ4n) is 2.26. The molecule has 0 aliphatic carbocycles. The van der Waals surface area contributed by atoms with Crippen LogP contribution in [-0.2, 0) is 4.79 Å². The Morgan fingerprint density at radius 3 is 2.70 bits per heavy atom. The van der Waals surface area contributed by atoms with Crippen molar-refractivity contribution < 1.29 is 19.0 Å². The topological polar surface area (TPSA) is 49.8 Å². The summed E-state index contributed by atoms with van der Waals surface area (Å²) < 4.78 is 18.5. The molecule has 20 heavy (non-hydrogen) atoms. The Hall–Kier alpha value is -1.62. The number of likely N-dealkylation sites (tertiary alicyclic amines) is 1. The minimum Gasteiger partial charge on any atom is -0.481 e. The van der Waals surface area contributed by atoms with Gasteiger partial charge in [-0.3, -0.25) is 4.79 Å². The van der Waals surface area contributed by atoms with Crippen LogP contribution in [0.25, 0.3) is 0 Å². The van der Waals surface area contributed by atoms with Crippen molar-refractivity contribution in [2.75, 3.05) is 13.1 Å². The van der Waals surface area contributed by atoms with Crippen molar-refractivity contribution in [1.29, 1.82) is 0 Å². The number of carbonyl (C=O) groups excluding carboxylic acids is 1. The predicted octanol–water partition coefficient (Wildman–Crippen LogP) is 1.97. The first-order valence-electron chi connectivity index (χ1n) is 6.81. The summed E-state index contributed by atoms with van der Waals surface area (Å²) in [6, 6.07) is 5.74. The summed E-state index contributed by atoms with van der Waals surface area (Å²) in [5.41, 5.74) is -0.691. The molecule has 2 rings (SSSR count). The molecule has 1 N–H and O–H groups in total. The van der Waals surface area contributed by atoms with Crippen LogP contribution in [0.2, 0.25) is 0 Å². The first kappa shape index (κ1) is 14.8. The van der Waals surface area contributed by atoms with E-state index in [0.29, 0.717) is 31.7 Å². The van der Waals surface area contributed by atoms with Crippen molar-refractivity contribution >= 4 is 5.91 Å². The standard InChI is InChI=1S/C15H20FNO3/c1-11(20-13-5-3-4-12(16)10-13)14(18)17-8-6-15(2,19)7-9-17/h3-5,10-11,19H,6-9H2,1-2H3. The summed E-state index contributed by atoms with van der Waals surface area (Å²) in [4.78, 5) is 13.9. The first-order valence-corrected chi connectivity index (χ1v) is 6.81. The van der Waals surface area contributed by atoms with Crippen molar-refractivity contribution in [3.63, 3.8) is 0 Å². The molecule has 0 spiro atoms. The largest absolute Gasteiger partial charge is 0.481 e. The van der Waals surface area contributed by atoms with E-state index < -0.39 is 17.5 Å². The van der Waals surface area contributed by atoms with Gasteiger partial charge in [0.05, 0.1) is 5.60 Å². The summed E-state index contributed by atoms with van der Waals surface area (Å²) in [7, 11) is 0. The molecule has 1 aromatic rings. The van der Waals surface area contributed by atoms with Gasteiger partial charge in [-0.1, -0.05) is 6.07 Å². The van der Waals surface area contributed by atoms with Gasteiger partial charge in [-0.25, -0.2) is 4.39 Å². The molecule has 110 valence electrons. The molecule has 0 saturated carbocycles. The van der Waals surface area contributed by atoms with Gasteiger partial charge in [-0.2, -0.15) is 0 Å². The van der Waals surface area contributed by atoms with Crippen molar-refractivity contribution in [1.82, 2.24) is 4.90 Å². The lowest BCUT2D eigenvalue weighted by Gasteiger charge is -2.36. The van der Waals surface area contributed by atoms with Crippen LogP contribution in [0.15, 0.2) is 24.3 Å². The molecule has 0 bridgehead atoms. The lowest BCUT2D eigenvalue weighted by molar-refractivity contribution is -0.141. The van der Waals surface area contributed by atoms with Crippen LogP contribution >= 0.6 is 0 Å². The van der Waals surface area contributed by atoms with E-state index >= 15 is 0 Å². The molecular weight excluding hydrogens is 261 g/mol. The highest BCUT2D eigenvalue weighted by Crippen LogP contribution is 2.22. The molecule has 0 aromatic heterocycles. The van der Waals surface area contributed by atoms with Gasteiger partial charge in [0.1, 0.15) is 11.6 Å². The Balaban J connectivity index is 1.92. The molecule has 5 heteroatoms. The lowest BCUT2D eigenvalue weighted by Crippen LogP contribution is -2.49. The number of hydrogen-bond donors (Lipinski definition) is 1. The Bertz CT molecular complexity index is 480. The van der Waals surface area contributed by atoms with Crippen LogP contribution in [0.3, 0.4) is 0 Å². The van der Waals surface area contributed by atoms with Crippen LogP contribution in [0, 0.1) is 5.82 Å². The van der Waals surface area contributed by atoms with Crippen LogP contribution in [-0.4, -0.2) is 40.7 Å². The molecule has 1 unspecified atom stereocenters. The van der Waals surface area contributed by atoms with E-state index in [4.69, 9.17) is 4.74 Å². The van der Waals surface area contributed by atoms with Gasteiger partial charge in [-0.05, 0) is 38.8 Å². The average Bonchev–Trinajstić information content (AvgIpc) is 2.38. The molecule has 1 fully saturated rings. The van der Waals surface area contributed by atoms with Crippen LogP contribution < -0.4 is 4.74 Å². The van der Waals surface area contributed by atoms with E-state index in [2.05, 4.69) is 0 Å². The highest BCUT2D eigenvalue weighted by Gasteiger charge is 2.31. The zero-order valence-electron chi connectivity index (χ0n) is 11.8. The highest BCUT2D eigenvalue weighted by atomic mass is 19.1. The molecular formula is C15H20FNO3. The summed E-state index contributed by atoms with van der Waals surface area (Å²) in [6.45, 7) is 4.47. The van der Waals surface area contributed by atoms with E-state index in [1.165, 1.54) is 12.1 Å². The number of halogens is 1. The number of aliphatic hydroxyl groups is 1. The van der Waals surface area contributed by atoms with Crippen LogP contribution in [0.1, 0.15) is 26.7 Å². The summed E-state index contributed by atoms with van der Waals surface area (Å²) in [6.07, 6.45) is 0.455. The van der Waals surface area contributed by atoms with Crippen molar-refractivity contribution in [3.05, 3.63) is 30.1 Å². The second kappa shape index (κ2) is 5.79. The zero-order valence-corrected chi connectivity index (χ0v) is 11.8. The van der Waals surface area contributed by atoms with Gasteiger partial charge < -0.3 is 14.7 Å². The fourth-order valence-corrected chi connectivity index (χ4v) is 2.26. The quantitative estimate of drug-likeness (QED) is 0.921. The van der Waals surface area contributed by atoms with E-state index in [-0.39, 0.29) is 5.91 Å². The molecule has 1 aromatic carbocycles. The molecule has 0 radical (unpaired) electrons. The Morgan fingerprint density at radius 1 is 1.45 bits per heavy atom. The van der Waals surface area contributed by atoms with E-state index in [1.54, 1.807) is 30.9 Å². The smallest absolute Gasteiger partial charge is 0.263 e. The van der Waals surface area contributed by atoms with E-state index in [0.717, 1.165) is 0 Å². The highest BCUT2D eigenvalue weighted by molar-refractivity contribution is 5.81. The minimum atomic E-state index is -0.691. The Morgan fingerprint density at radius 2 is 2.10 bits per heavy atom. The summed E-state index contributed by atoms with van der Waals surface area (Å²) in [5, 5.41) is 9.87. The van der Waals surface area contributed by atoms with Gasteiger partial charge >= 0.3 is 0 Å². The molecule has 1 aliphatic rings. The van der Waals surface area contributed by atoms with E-state index in [1.807, 2.05) is 0 Å². The first-order chi connectivity index (χ1) is 9.37. The number of nitrogens with zero attached hydrogens (tertiary/aromatic N) is 1. The van der Waals surface area contributed by atoms with Crippen molar-refractivity contribution in [2.24, 2.45) is 0 Å². The molecule has 1 amide bonds. The summed E-state index contributed by atoms with van der Waals surface area (Å²) in [5.74, 6) is -0.184. The van der Waals surface area contributed by atoms with Gasteiger partial charge in [-0.15, -0.1) is 0 Å².